The molecule has 0 aromatic heterocycles. The lowest BCUT2D eigenvalue weighted by molar-refractivity contribution is -0.472. The third kappa shape index (κ3) is 1.20. The molecule has 1 fully saturated rings. The molecule has 1 aliphatic heterocycles. The predicted octanol–water partition coefficient (Wildman–Crippen LogP) is -2.85. The Bertz CT molecular complexity index is 116. The molecule has 0 saturated carbocycles. The zero-order chi connectivity index (χ0) is 6.41. The van der Waals surface area contributed by atoms with E-state index in [-0.39, 0.29) is 23.7 Å². The van der Waals surface area contributed by atoms with Gasteiger partial charge in [-0.2, -0.15) is 0 Å². The lowest BCUT2D eigenvalue weighted by atomic mass is 10.0. The fourth-order valence-electron chi connectivity index (χ4n) is 0.961. The van der Waals surface area contributed by atoms with Gasteiger partial charge < -0.3 is 22.9 Å². The molecule has 0 bridgehead atoms. The summed E-state index contributed by atoms with van der Waals surface area (Å²) in [5, 5.41) is 0. The van der Waals surface area contributed by atoms with Gasteiger partial charge in [0.25, 0.3) is 0 Å². The van der Waals surface area contributed by atoms with Crippen LogP contribution in [-0.2, 0) is 4.74 Å². The van der Waals surface area contributed by atoms with Crippen molar-refractivity contribution in [1.29, 1.82) is 0 Å². The summed E-state index contributed by atoms with van der Waals surface area (Å²) in [5.74, 6) is 0. The van der Waals surface area contributed by atoms with E-state index in [4.69, 9.17) is 4.74 Å². The molecular formula is C6H14ClNO. The number of hydrogen-bond acceptors (Lipinski definition) is 1. The summed E-state index contributed by atoms with van der Waals surface area (Å²) in [6.07, 6.45) is 1.01. The number of rotatable bonds is 1. The maximum atomic E-state index is 5.33. The van der Waals surface area contributed by atoms with Gasteiger partial charge in [-0.3, -0.25) is 0 Å². The van der Waals surface area contributed by atoms with Crippen molar-refractivity contribution in [3.63, 3.8) is 0 Å². The fourth-order valence-corrected chi connectivity index (χ4v) is 0.961. The molecule has 0 radical (unpaired) electrons. The fraction of sp³-hybridized carbons (Fsp3) is 1.00. The minimum atomic E-state index is -0.0625. The van der Waals surface area contributed by atoms with Crippen LogP contribution < -0.4 is 18.1 Å². The third-order valence-electron chi connectivity index (χ3n) is 2.08. The summed E-state index contributed by atoms with van der Waals surface area (Å²) in [7, 11) is 0. The van der Waals surface area contributed by atoms with Crippen LogP contribution in [0.15, 0.2) is 0 Å². The second-order valence-corrected chi connectivity index (χ2v) is 2.96. The Balaban J connectivity index is 0.000000640. The first-order valence-corrected chi connectivity index (χ1v) is 3.07. The first kappa shape index (κ1) is 9.21. The second kappa shape index (κ2) is 2.11. The van der Waals surface area contributed by atoms with Gasteiger partial charge in [-0.1, -0.05) is 6.92 Å². The molecule has 3 N–H and O–H groups in total. The molecule has 1 saturated heterocycles. The maximum absolute atomic E-state index is 5.33. The van der Waals surface area contributed by atoms with E-state index in [0.717, 1.165) is 6.42 Å². The van der Waals surface area contributed by atoms with Crippen molar-refractivity contribution in [2.45, 2.75) is 38.5 Å². The van der Waals surface area contributed by atoms with Gasteiger partial charge in [0, 0.05) is 6.42 Å². The van der Waals surface area contributed by atoms with Gasteiger partial charge in [0.15, 0.2) is 0 Å². The van der Waals surface area contributed by atoms with Gasteiger partial charge in [0.1, 0.15) is 5.60 Å². The SMILES string of the molecule is CCC1([NH3+])OC1(C)C.[Cl-]. The van der Waals surface area contributed by atoms with E-state index in [1.165, 1.54) is 0 Å². The van der Waals surface area contributed by atoms with Crippen molar-refractivity contribution < 1.29 is 22.9 Å². The van der Waals surface area contributed by atoms with Crippen LogP contribution in [0, 0.1) is 0 Å². The Morgan fingerprint density at radius 1 is 1.44 bits per heavy atom. The first-order chi connectivity index (χ1) is 3.52. The monoisotopic (exact) mass is 151 g/mol. The van der Waals surface area contributed by atoms with Gasteiger partial charge in [0.2, 0.25) is 5.72 Å². The summed E-state index contributed by atoms with van der Waals surface area (Å²) < 4.78 is 5.33. The summed E-state index contributed by atoms with van der Waals surface area (Å²) in [6.45, 7) is 6.24. The molecule has 1 rings (SSSR count). The number of ether oxygens (including phenoxy) is 1. The quantitative estimate of drug-likeness (QED) is 0.403. The molecule has 1 atom stereocenters. The van der Waals surface area contributed by atoms with Crippen molar-refractivity contribution in [3.05, 3.63) is 0 Å². The van der Waals surface area contributed by atoms with Gasteiger partial charge in [-0.25, -0.2) is 0 Å². The van der Waals surface area contributed by atoms with Crippen LogP contribution in [0.25, 0.3) is 0 Å². The second-order valence-electron chi connectivity index (χ2n) is 2.96. The van der Waals surface area contributed by atoms with E-state index < -0.39 is 0 Å². The lowest BCUT2D eigenvalue weighted by Crippen LogP contribution is -3.00. The molecule has 3 heteroatoms. The minimum absolute atomic E-state index is 0. The van der Waals surface area contributed by atoms with Crippen molar-refractivity contribution >= 4 is 0 Å². The van der Waals surface area contributed by atoms with Crippen molar-refractivity contribution in [2.24, 2.45) is 0 Å². The standard InChI is InChI=1S/C6H13NO.ClH/c1-4-6(7)5(2,3)8-6;/h4,7H2,1-3H3;1H. The molecule has 2 nitrogen and oxygen atoms in total. The van der Waals surface area contributed by atoms with E-state index in [2.05, 4.69) is 26.5 Å². The Hall–Kier alpha value is 0.210. The molecule has 1 heterocycles. The van der Waals surface area contributed by atoms with Crippen LogP contribution in [0.2, 0.25) is 0 Å². The first-order valence-electron chi connectivity index (χ1n) is 3.07. The highest BCUT2D eigenvalue weighted by atomic mass is 35.5. The van der Waals surface area contributed by atoms with Crippen LogP contribution in [0.1, 0.15) is 27.2 Å². The van der Waals surface area contributed by atoms with Crippen LogP contribution in [0.4, 0.5) is 0 Å². The Morgan fingerprint density at radius 3 is 1.78 bits per heavy atom. The Morgan fingerprint density at radius 2 is 1.78 bits per heavy atom. The number of halogens is 1. The third-order valence-corrected chi connectivity index (χ3v) is 2.08. The summed E-state index contributed by atoms with van der Waals surface area (Å²) in [5.41, 5.74) is 3.91. The average Bonchev–Trinajstić information content (AvgIpc) is 2.10. The van der Waals surface area contributed by atoms with Gasteiger partial charge in [0.05, 0.1) is 0 Å². The molecule has 0 aliphatic carbocycles. The van der Waals surface area contributed by atoms with E-state index >= 15 is 0 Å². The zero-order valence-corrected chi connectivity index (χ0v) is 6.96. The van der Waals surface area contributed by atoms with Crippen molar-refractivity contribution in [3.8, 4) is 0 Å². The summed E-state index contributed by atoms with van der Waals surface area (Å²) in [6, 6.07) is 0. The highest BCUT2D eigenvalue weighted by Crippen LogP contribution is 2.43. The molecule has 56 valence electrons. The van der Waals surface area contributed by atoms with E-state index in [9.17, 15) is 0 Å². The summed E-state index contributed by atoms with van der Waals surface area (Å²) in [4.78, 5) is 0. The molecule has 1 aliphatic rings. The minimum Gasteiger partial charge on any atom is -1.00 e. The van der Waals surface area contributed by atoms with Crippen LogP contribution in [0.3, 0.4) is 0 Å². The maximum Gasteiger partial charge on any atom is 0.228 e. The highest BCUT2D eigenvalue weighted by molar-refractivity contribution is 4.99. The molecule has 0 aromatic rings. The van der Waals surface area contributed by atoms with E-state index in [0.29, 0.717) is 0 Å². The molecular weight excluding hydrogens is 138 g/mol. The lowest BCUT2D eigenvalue weighted by Gasteiger charge is -1.97. The van der Waals surface area contributed by atoms with E-state index in [1.807, 2.05) is 0 Å². The largest absolute Gasteiger partial charge is 1.00 e. The number of quaternary nitrogens is 1. The number of epoxide rings is 1. The number of hydrogen-bond donors (Lipinski definition) is 1. The van der Waals surface area contributed by atoms with Gasteiger partial charge in [-0.05, 0) is 13.8 Å². The predicted molar refractivity (Wildman–Crippen MR) is 31.1 cm³/mol. The van der Waals surface area contributed by atoms with Gasteiger partial charge in [-0.15, -0.1) is 0 Å². The van der Waals surface area contributed by atoms with Crippen LogP contribution >= 0.6 is 0 Å². The molecule has 0 spiro atoms. The normalized spacial score (nSPS) is 37.3. The zero-order valence-electron chi connectivity index (χ0n) is 6.20. The van der Waals surface area contributed by atoms with Crippen molar-refractivity contribution in [2.75, 3.05) is 0 Å². The van der Waals surface area contributed by atoms with Crippen LogP contribution in [0.5, 0.6) is 0 Å². The topological polar surface area (TPSA) is 40.2 Å². The Kier molecular flexibility index (Phi) is 2.16. The van der Waals surface area contributed by atoms with Crippen molar-refractivity contribution in [1.82, 2.24) is 0 Å². The van der Waals surface area contributed by atoms with E-state index in [1.54, 1.807) is 0 Å². The van der Waals surface area contributed by atoms with Gasteiger partial charge >= 0.3 is 0 Å². The Labute approximate surface area is 62.2 Å². The van der Waals surface area contributed by atoms with Crippen LogP contribution in [-0.4, -0.2) is 11.3 Å². The molecule has 9 heavy (non-hydrogen) atoms. The molecule has 0 aromatic carbocycles. The molecule has 1 unspecified atom stereocenters. The average molecular weight is 152 g/mol. The molecule has 0 amide bonds. The smallest absolute Gasteiger partial charge is 0.228 e. The summed E-state index contributed by atoms with van der Waals surface area (Å²) >= 11 is 0. The highest BCUT2D eigenvalue weighted by Gasteiger charge is 2.64.